The third-order valence-corrected chi connectivity index (χ3v) is 3.14. The van der Waals surface area contributed by atoms with E-state index < -0.39 is 0 Å². The molecule has 1 amide bonds. The van der Waals surface area contributed by atoms with Crippen LogP contribution in [0.1, 0.15) is 19.4 Å². The van der Waals surface area contributed by atoms with E-state index in [1.807, 2.05) is 24.3 Å². The third kappa shape index (κ3) is 7.54. The van der Waals surface area contributed by atoms with Crippen LogP contribution in [0.3, 0.4) is 0 Å². The first-order valence-electron chi connectivity index (χ1n) is 7.77. The molecular formula is C17H28N4O2. The topological polar surface area (TPSA) is 66.0 Å². The maximum Gasteiger partial charge on any atom is 0.241 e. The second-order valence-corrected chi connectivity index (χ2v) is 5.93. The molecule has 0 aliphatic heterocycles. The van der Waals surface area contributed by atoms with E-state index in [1.165, 1.54) is 0 Å². The number of likely N-dealkylation sites (N-methyl/N-ethyl adjacent to an activating group) is 1. The first kappa shape index (κ1) is 18.8. The van der Waals surface area contributed by atoms with Gasteiger partial charge in [-0.25, -0.2) is 4.99 Å². The van der Waals surface area contributed by atoms with E-state index in [4.69, 9.17) is 4.74 Å². The van der Waals surface area contributed by atoms with E-state index in [0.717, 1.165) is 17.9 Å². The highest BCUT2D eigenvalue weighted by atomic mass is 16.5. The van der Waals surface area contributed by atoms with E-state index in [-0.39, 0.29) is 12.5 Å². The second kappa shape index (κ2) is 9.71. The Hall–Kier alpha value is -2.24. The number of nitrogens with one attached hydrogen (secondary N) is 2. The summed E-state index contributed by atoms with van der Waals surface area (Å²) in [6.07, 6.45) is 0. The van der Waals surface area contributed by atoms with Gasteiger partial charge in [0.05, 0.1) is 20.2 Å². The summed E-state index contributed by atoms with van der Waals surface area (Å²) in [6.45, 7) is 5.77. The fourth-order valence-corrected chi connectivity index (χ4v) is 1.73. The standard InChI is InChI=1S/C17H28N4O2/c1-13(2)10-18-17(20-12-16(22)21(3)4)19-11-14-7-6-8-15(9-14)23-5/h6-9,13H,10-12H2,1-5H3,(H2,18,19,20). The van der Waals surface area contributed by atoms with Gasteiger partial charge < -0.3 is 20.3 Å². The lowest BCUT2D eigenvalue weighted by Crippen LogP contribution is -2.44. The number of carbonyl (C=O) groups excluding carboxylic acids is 1. The zero-order chi connectivity index (χ0) is 17.2. The average Bonchev–Trinajstić information content (AvgIpc) is 2.53. The molecule has 0 heterocycles. The molecule has 128 valence electrons. The molecule has 1 aromatic carbocycles. The zero-order valence-corrected chi connectivity index (χ0v) is 14.7. The Morgan fingerprint density at radius 2 is 2.04 bits per heavy atom. The Labute approximate surface area is 138 Å². The summed E-state index contributed by atoms with van der Waals surface area (Å²) in [5.41, 5.74) is 1.05. The average molecular weight is 320 g/mol. The Morgan fingerprint density at radius 1 is 1.30 bits per heavy atom. The van der Waals surface area contributed by atoms with Crippen molar-refractivity contribution in [3.05, 3.63) is 29.8 Å². The molecule has 6 nitrogen and oxygen atoms in total. The van der Waals surface area contributed by atoms with Crippen LogP contribution in [0.4, 0.5) is 0 Å². The highest BCUT2D eigenvalue weighted by molar-refractivity contribution is 5.86. The van der Waals surface area contributed by atoms with Gasteiger partial charge >= 0.3 is 0 Å². The minimum atomic E-state index is 0.00503. The van der Waals surface area contributed by atoms with Crippen LogP contribution in [0.5, 0.6) is 5.75 Å². The maximum absolute atomic E-state index is 11.7. The van der Waals surface area contributed by atoms with E-state index in [0.29, 0.717) is 18.4 Å². The van der Waals surface area contributed by atoms with Crippen molar-refractivity contribution in [3.8, 4) is 5.75 Å². The number of rotatable bonds is 7. The van der Waals surface area contributed by atoms with Gasteiger partial charge in [-0.2, -0.15) is 0 Å². The normalized spacial score (nSPS) is 11.3. The molecule has 0 saturated carbocycles. The molecule has 0 aromatic heterocycles. The van der Waals surface area contributed by atoms with E-state index in [9.17, 15) is 4.79 Å². The molecule has 0 fully saturated rings. The van der Waals surface area contributed by atoms with Crippen molar-refractivity contribution in [2.75, 3.05) is 34.3 Å². The molecule has 0 saturated heterocycles. The Kier molecular flexibility index (Phi) is 7.94. The molecular weight excluding hydrogens is 292 g/mol. The molecule has 0 bridgehead atoms. The van der Waals surface area contributed by atoms with E-state index >= 15 is 0 Å². The number of aliphatic imine (C=N–C) groups is 1. The molecule has 6 heteroatoms. The van der Waals surface area contributed by atoms with Crippen LogP contribution in [-0.2, 0) is 11.3 Å². The molecule has 0 atom stereocenters. The zero-order valence-electron chi connectivity index (χ0n) is 14.7. The summed E-state index contributed by atoms with van der Waals surface area (Å²) in [7, 11) is 5.11. The third-order valence-electron chi connectivity index (χ3n) is 3.14. The number of hydrogen-bond donors (Lipinski definition) is 2. The first-order valence-corrected chi connectivity index (χ1v) is 7.77. The largest absolute Gasteiger partial charge is 0.497 e. The fraction of sp³-hybridized carbons (Fsp3) is 0.529. The van der Waals surface area contributed by atoms with Gasteiger partial charge in [0, 0.05) is 20.6 Å². The number of methoxy groups -OCH3 is 1. The fourth-order valence-electron chi connectivity index (χ4n) is 1.73. The minimum Gasteiger partial charge on any atom is -0.497 e. The summed E-state index contributed by atoms with van der Waals surface area (Å²) >= 11 is 0. The van der Waals surface area contributed by atoms with Crippen molar-refractivity contribution in [2.24, 2.45) is 10.9 Å². The number of amides is 1. The molecule has 1 rings (SSSR count). The van der Waals surface area contributed by atoms with Crippen molar-refractivity contribution in [1.29, 1.82) is 0 Å². The number of guanidine groups is 1. The number of benzene rings is 1. The van der Waals surface area contributed by atoms with Crippen molar-refractivity contribution in [2.45, 2.75) is 20.4 Å². The van der Waals surface area contributed by atoms with Crippen LogP contribution in [-0.4, -0.2) is 51.1 Å². The predicted molar refractivity (Wildman–Crippen MR) is 93.7 cm³/mol. The van der Waals surface area contributed by atoms with Crippen LogP contribution in [0.15, 0.2) is 29.3 Å². The van der Waals surface area contributed by atoms with Crippen LogP contribution in [0.25, 0.3) is 0 Å². The molecule has 0 aliphatic rings. The van der Waals surface area contributed by atoms with E-state index in [1.54, 1.807) is 26.1 Å². The molecule has 0 unspecified atom stereocenters. The van der Waals surface area contributed by atoms with Crippen LogP contribution < -0.4 is 15.4 Å². The van der Waals surface area contributed by atoms with Crippen LogP contribution in [0, 0.1) is 5.92 Å². The number of carbonyl (C=O) groups is 1. The van der Waals surface area contributed by atoms with Gasteiger partial charge in [0.15, 0.2) is 5.96 Å². The SMILES string of the molecule is COc1cccc(CN=C(NCC(=O)N(C)C)NCC(C)C)c1. The van der Waals surface area contributed by atoms with Gasteiger partial charge in [-0.1, -0.05) is 26.0 Å². The number of hydrogen-bond acceptors (Lipinski definition) is 3. The number of nitrogens with zero attached hydrogens (tertiary/aromatic N) is 2. The van der Waals surface area contributed by atoms with Gasteiger partial charge in [0.1, 0.15) is 5.75 Å². The predicted octanol–water partition coefficient (Wildman–Crippen LogP) is 1.47. The van der Waals surface area contributed by atoms with Crippen LogP contribution in [0.2, 0.25) is 0 Å². The quantitative estimate of drug-likeness (QED) is 0.590. The molecule has 2 N–H and O–H groups in total. The lowest BCUT2D eigenvalue weighted by Gasteiger charge is -2.16. The van der Waals surface area contributed by atoms with Crippen molar-refractivity contribution in [1.82, 2.24) is 15.5 Å². The van der Waals surface area contributed by atoms with Gasteiger partial charge in [-0.15, -0.1) is 0 Å². The molecule has 0 aliphatic carbocycles. The molecule has 0 radical (unpaired) electrons. The minimum absolute atomic E-state index is 0.00503. The molecule has 0 spiro atoms. The van der Waals surface area contributed by atoms with E-state index in [2.05, 4.69) is 29.5 Å². The molecule has 1 aromatic rings. The Balaban J connectivity index is 2.70. The Bertz CT molecular complexity index is 527. The summed E-state index contributed by atoms with van der Waals surface area (Å²) in [5.74, 6) is 1.94. The second-order valence-electron chi connectivity index (χ2n) is 5.93. The summed E-state index contributed by atoms with van der Waals surface area (Å²) < 4.78 is 5.22. The van der Waals surface area contributed by atoms with Crippen molar-refractivity contribution >= 4 is 11.9 Å². The first-order chi connectivity index (χ1) is 10.9. The van der Waals surface area contributed by atoms with Gasteiger partial charge in [-0.3, -0.25) is 4.79 Å². The molecule has 23 heavy (non-hydrogen) atoms. The number of ether oxygens (including phenoxy) is 1. The summed E-state index contributed by atoms with van der Waals surface area (Å²) in [6, 6.07) is 7.79. The van der Waals surface area contributed by atoms with Crippen molar-refractivity contribution in [3.63, 3.8) is 0 Å². The highest BCUT2D eigenvalue weighted by Gasteiger charge is 2.06. The highest BCUT2D eigenvalue weighted by Crippen LogP contribution is 2.13. The monoisotopic (exact) mass is 320 g/mol. The lowest BCUT2D eigenvalue weighted by molar-refractivity contribution is -0.127. The summed E-state index contributed by atoms with van der Waals surface area (Å²) in [4.78, 5) is 17.8. The van der Waals surface area contributed by atoms with Crippen LogP contribution >= 0.6 is 0 Å². The van der Waals surface area contributed by atoms with Gasteiger partial charge in [-0.05, 0) is 23.6 Å². The smallest absolute Gasteiger partial charge is 0.241 e. The van der Waals surface area contributed by atoms with Gasteiger partial charge in [0.25, 0.3) is 0 Å². The van der Waals surface area contributed by atoms with Gasteiger partial charge in [0.2, 0.25) is 5.91 Å². The van der Waals surface area contributed by atoms with Crippen molar-refractivity contribution < 1.29 is 9.53 Å². The maximum atomic E-state index is 11.7. The lowest BCUT2D eigenvalue weighted by atomic mass is 10.2. The summed E-state index contributed by atoms with van der Waals surface area (Å²) in [5, 5.41) is 6.32. The Morgan fingerprint density at radius 3 is 2.65 bits per heavy atom.